The molecule has 0 aliphatic carbocycles. The molecular weight excluding hydrogens is 332 g/mol. The van der Waals surface area contributed by atoms with Gasteiger partial charge in [0.25, 0.3) is 5.91 Å². The molecule has 1 N–H and O–H groups in total. The average Bonchev–Trinajstić information content (AvgIpc) is 2.55. The van der Waals surface area contributed by atoms with Gasteiger partial charge in [0.1, 0.15) is 6.04 Å². The minimum Gasteiger partial charge on any atom is -0.464 e. The number of esters is 1. The van der Waals surface area contributed by atoms with E-state index in [9.17, 15) is 18.0 Å². The van der Waals surface area contributed by atoms with E-state index >= 15 is 0 Å². The Morgan fingerprint density at radius 2 is 1.71 bits per heavy atom. The van der Waals surface area contributed by atoms with Crippen LogP contribution in [0.3, 0.4) is 0 Å². The van der Waals surface area contributed by atoms with Crippen molar-refractivity contribution in [3.63, 3.8) is 0 Å². The average molecular weight is 356 g/mol. The maximum Gasteiger partial charge on any atom is 0.329 e. The zero-order chi connectivity index (χ0) is 18.2. The first-order chi connectivity index (χ1) is 11.4. The number of nitrogens with zero attached hydrogens (tertiary/aromatic N) is 1. The van der Waals surface area contributed by atoms with Gasteiger partial charge >= 0.3 is 5.97 Å². The molecule has 0 fully saturated rings. The van der Waals surface area contributed by atoms with Gasteiger partial charge in [-0.15, -0.1) is 0 Å². The van der Waals surface area contributed by atoms with E-state index in [1.807, 2.05) is 0 Å². The van der Waals surface area contributed by atoms with Crippen molar-refractivity contribution in [1.29, 1.82) is 0 Å². The molecule has 7 nitrogen and oxygen atoms in total. The lowest BCUT2D eigenvalue weighted by atomic mass is 10.2. The third-order valence-electron chi connectivity index (χ3n) is 3.39. The van der Waals surface area contributed by atoms with Gasteiger partial charge in [-0.2, -0.15) is 0 Å². The van der Waals surface area contributed by atoms with Crippen LogP contribution < -0.4 is 5.32 Å². The monoisotopic (exact) mass is 356 g/mol. The lowest BCUT2D eigenvalue weighted by molar-refractivity contribution is -0.144. The Hall–Kier alpha value is -1.93. The quantitative estimate of drug-likeness (QED) is 0.667. The Morgan fingerprint density at radius 1 is 1.12 bits per heavy atom. The summed E-state index contributed by atoms with van der Waals surface area (Å²) in [6.07, 6.45) is 0. The molecule has 134 valence electrons. The number of nitrogens with one attached hydrogen (secondary N) is 1. The predicted octanol–water partition coefficient (Wildman–Crippen LogP) is 1.02. The van der Waals surface area contributed by atoms with Crippen LogP contribution in [0, 0.1) is 0 Å². The highest BCUT2D eigenvalue weighted by Crippen LogP contribution is 2.06. The first-order valence-corrected chi connectivity index (χ1v) is 9.46. The molecule has 0 aromatic heterocycles. The number of ether oxygens (including phenoxy) is 1. The third kappa shape index (κ3) is 5.61. The zero-order valence-electron chi connectivity index (χ0n) is 14.2. The van der Waals surface area contributed by atoms with E-state index in [1.54, 1.807) is 51.1 Å². The number of carbonyl (C=O) groups excluding carboxylic acids is 2. The molecule has 0 bridgehead atoms. The van der Waals surface area contributed by atoms with Gasteiger partial charge in [-0.1, -0.05) is 32.0 Å². The summed E-state index contributed by atoms with van der Waals surface area (Å²) in [5.74, 6) is -1.83. The summed E-state index contributed by atoms with van der Waals surface area (Å²) in [5, 5.41) is 2.46. The predicted molar refractivity (Wildman–Crippen MR) is 91.0 cm³/mol. The van der Waals surface area contributed by atoms with Gasteiger partial charge < -0.3 is 10.1 Å². The third-order valence-corrected chi connectivity index (χ3v) is 5.45. The molecule has 1 atom stereocenters. The molecule has 0 aliphatic rings. The zero-order valence-corrected chi connectivity index (χ0v) is 15.0. The van der Waals surface area contributed by atoms with Crippen molar-refractivity contribution in [3.8, 4) is 0 Å². The molecule has 0 aliphatic heterocycles. The second kappa shape index (κ2) is 9.39. The van der Waals surface area contributed by atoms with Crippen LogP contribution in [-0.4, -0.2) is 56.1 Å². The number of rotatable bonds is 9. The van der Waals surface area contributed by atoms with Crippen LogP contribution in [0.4, 0.5) is 0 Å². The summed E-state index contributed by atoms with van der Waals surface area (Å²) >= 11 is 0. The van der Waals surface area contributed by atoms with Crippen LogP contribution in [0.1, 0.15) is 31.1 Å². The van der Waals surface area contributed by atoms with Crippen molar-refractivity contribution in [2.45, 2.75) is 26.8 Å². The summed E-state index contributed by atoms with van der Waals surface area (Å²) in [7, 11) is -3.70. The van der Waals surface area contributed by atoms with Crippen molar-refractivity contribution in [3.05, 3.63) is 35.9 Å². The van der Waals surface area contributed by atoms with Gasteiger partial charge in [0.05, 0.1) is 12.4 Å². The highest BCUT2D eigenvalue weighted by atomic mass is 32.2. The second-order valence-electron chi connectivity index (χ2n) is 5.01. The summed E-state index contributed by atoms with van der Waals surface area (Å²) in [5.41, 5.74) is 0.340. The Labute approximate surface area is 143 Å². The highest BCUT2D eigenvalue weighted by Gasteiger charge is 2.31. The Kier molecular flexibility index (Phi) is 7.87. The van der Waals surface area contributed by atoms with Crippen LogP contribution in [0.25, 0.3) is 0 Å². The number of benzene rings is 1. The minimum atomic E-state index is -3.70. The first kappa shape index (κ1) is 20.1. The van der Waals surface area contributed by atoms with Crippen LogP contribution in [0.2, 0.25) is 0 Å². The van der Waals surface area contributed by atoms with Gasteiger partial charge in [0, 0.05) is 18.7 Å². The van der Waals surface area contributed by atoms with Gasteiger partial charge in [-0.25, -0.2) is 17.5 Å². The molecule has 1 rings (SSSR count). The number of hydrogen-bond donors (Lipinski definition) is 1. The summed E-state index contributed by atoms with van der Waals surface area (Å²) < 4.78 is 30.9. The fourth-order valence-electron chi connectivity index (χ4n) is 2.18. The van der Waals surface area contributed by atoms with Crippen LogP contribution in [-0.2, 0) is 19.6 Å². The highest BCUT2D eigenvalue weighted by molar-refractivity contribution is 7.89. The molecule has 8 heteroatoms. The Morgan fingerprint density at radius 3 is 2.21 bits per heavy atom. The molecule has 0 spiro atoms. The van der Waals surface area contributed by atoms with Gasteiger partial charge in [-0.05, 0) is 19.1 Å². The van der Waals surface area contributed by atoms with E-state index < -0.39 is 33.7 Å². The van der Waals surface area contributed by atoms with E-state index in [0.717, 1.165) is 0 Å². The number of hydrogen-bond acceptors (Lipinski definition) is 5. The van der Waals surface area contributed by atoms with E-state index in [1.165, 1.54) is 4.31 Å². The van der Waals surface area contributed by atoms with Crippen molar-refractivity contribution < 1.29 is 22.7 Å². The fourth-order valence-corrected chi connectivity index (χ4v) is 3.81. The molecule has 1 aromatic rings. The van der Waals surface area contributed by atoms with Gasteiger partial charge in [-0.3, -0.25) is 4.79 Å². The van der Waals surface area contributed by atoms with E-state index in [4.69, 9.17) is 4.74 Å². The molecule has 0 saturated heterocycles. The lowest BCUT2D eigenvalue weighted by Crippen LogP contribution is -2.49. The maximum atomic E-state index is 12.4. The number of sulfonamides is 1. The molecule has 0 heterocycles. The number of carbonyl (C=O) groups is 2. The minimum absolute atomic E-state index is 0.0991. The van der Waals surface area contributed by atoms with Crippen molar-refractivity contribution in [2.75, 3.05) is 25.4 Å². The maximum absolute atomic E-state index is 12.4. The lowest BCUT2D eigenvalue weighted by Gasteiger charge is -2.22. The SMILES string of the molecule is CCOC(=O)[C@H](CS(=O)(=O)N(CC)CC)NC(=O)c1ccccc1. The topological polar surface area (TPSA) is 92.8 Å². The molecule has 0 unspecified atom stereocenters. The molecule has 1 aromatic carbocycles. The molecule has 0 saturated carbocycles. The molecule has 0 radical (unpaired) electrons. The van der Waals surface area contributed by atoms with Crippen LogP contribution in [0.5, 0.6) is 0 Å². The smallest absolute Gasteiger partial charge is 0.329 e. The summed E-state index contributed by atoms with van der Waals surface area (Å²) in [4.78, 5) is 24.3. The summed E-state index contributed by atoms with van der Waals surface area (Å²) in [6.45, 7) is 5.72. The summed E-state index contributed by atoms with van der Waals surface area (Å²) in [6, 6.07) is 7.02. The van der Waals surface area contributed by atoms with Gasteiger partial charge in [0.2, 0.25) is 10.0 Å². The van der Waals surface area contributed by atoms with Gasteiger partial charge in [0.15, 0.2) is 0 Å². The fraction of sp³-hybridized carbons (Fsp3) is 0.500. The molecule has 1 amide bonds. The molecule has 24 heavy (non-hydrogen) atoms. The van der Waals surface area contributed by atoms with Crippen molar-refractivity contribution >= 4 is 21.9 Å². The standard InChI is InChI=1S/C16H24N2O5S/c1-4-18(5-2)24(21,22)12-14(16(20)23-6-3)17-15(19)13-10-8-7-9-11-13/h7-11,14H,4-6,12H2,1-3H3,(H,17,19)/t14-/m0/s1. The van der Waals surface area contributed by atoms with Crippen LogP contribution >= 0.6 is 0 Å². The molecular formula is C16H24N2O5S. The second-order valence-corrected chi connectivity index (χ2v) is 7.02. The number of amides is 1. The van der Waals surface area contributed by atoms with E-state index in [2.05, 4.69) is 5.32 Å². The normalized spacial score (nSPS) is 12.7. The van der Waals surface area contributed by atoms with E-state index in [-0.39, 0.29) is 6.61 Å². The Balaban J connectivity index is 2.96. The largest absolute Gasteiger partial charge is 0.464 e. The van der Waals surface area contributed by atoms with E-state index in [0.29, 0.717) is 18.7 Å². The Bertz CT molecular complexity index is 642. The van der Waals surface area contributed by atoms with Crippen molar-refractivity contribution in [2.24, 2.45) is 0 Å². The first-order valence-electron chi connectivity index (χ1n) is 7.86. The van der Waals surface area contributed by atoms with Crippen LogP contribution in [0.15, 0.2) is 30.3 Å². The van der Waals surface area contributed by atoms with Crippen molar-refractivity contribution in [1.82, 2.24) is 9.62 Å².